The molecule has 3 heterocycles. The van der Waals surface area contributed by atoms with Crippen LogP contribution in [0.3, 0.4) is 0 Å². The Labute approximate surface area is 233 Å². The van der Waals surface area contributed by atoms with Crippen molar-refractivity contribution in [2.24, 2.45) is 0 Å². The molecule has 40 heavy (non-hydrogen) atoms. The number of benzene rings is 3. The van der Waals surface area contributed by atoms with Gasteiger partial charge in [0.05, 0.1) is 29.1 Å². The third-order valence-electron chi connectivity index (χ3n) is 7.96. The minimum atomic E-state index is -1.05. The van der Waals surface area contributed by atoms with E-state index in [1.165, 1.54) is 18.6 Å². The maximum Gasteiger partial charge on any atom is 0.335 e. The number of amides is 2. The van der Waals surface area contributed by atoms with Crippen molar-refractivity contribution in [2.45, 2.75) is 39.3 Å². The zero-order valence-corrected chi connectivity index (χ0v) is 22.5. The van der Waals surface area contributed by atoms with E-state index in [9.17, 15) is 19.5 Å². The average Bonchev–Trinajstić information content (AvgIpc) is 3.52. The molecule has 0 unspecified atom stereocenters. The van der Waals surface area contributed by atoms with Gasteiger partial charge in [-0.1, -0.05) is 48.4 Å². The molecule has 3 N–H and O–H groups in total. The Bertz CT molecular complexity index is 1540. The van der Waals surface area contributed by atoms with Crippen molar-refractivity contribution in [3.05, 3.63) is 94.0 Å². The molecule has 3 aliphatic rings. The monoisotopic (exact) mass is 536 g/mol. The third-order valence-corrected chi connectivity index (χ3v) is 7.96. The predicted octanol–water partition coefficient (Wildman–Crippen LogP) is 4.95. The number of carbonyl (C=O) groups excluding carboxylic acids is 2. The molecule has 0 radical (unpaired) electrons. The van der Waals surface area contributed by atoms with E-state index in [0.717, 1.165) is 53.9 Å². The molecule has 3 aliphatic heterocycles. The summed E-state index contributed by atoms with van der Waals surface area (Å²) in [7, 11) is 0. The minimum absolute atomic E-state index is 0.114. The number of rotatable bonds is 6. The Morgan fingerprint density at radius 2 is 1.62 bits per heavy atom. The highest BCUT2D eigenvalue weighted by Gasteiger charge is 2.30. The van der Waals surface area contributed by atoms with Crippen LogP contribution in [-0.4, -0.2) is 52.3 Å². The molecule has 0 spiro atoms. The molecule has 0 aromatic heterocycles. The highest BCUT2D eigenvalue weighted by molar-refractivity contribution is 6.37. The van der Waals surface area contributed by atoms with Gasteiger partial charge in [-0.3, -0.25) is 14.5 Å². The quantitative estimate of drug-likeness (QED) is 0.385. The SMILES string of the molecule is Cc1ccc(/C(Nc2ccc3c(c2)CN(C(=O)CN2CCCCC2)C3)=C2/C(=O)Nc3cc(C(=O)O)ccc32)cc1. The summed E-state index contributed by atoms with van der Waals surface area (Å²) in [5.74, 6) is -1.18. The number of carboxylic acids is 1. The minimum Gasteiger partial charge on any atom is -0.478 e. The summed E-state index contributed by atoms with van der Waals surface area (Å²) in [4.78, 5) is 41.9. The van der Waals surface area contributed by atoms with Crippen LogP contribution in [0.4, 0.5) is 11.4 Å². The lowest BCUT2D eigenvalue weighted by atomic mass is 9.98. The van der Waals surface area contributed by atoms with Crippen molar-refractivity contribution >= 4 is 40.4 Å². The number of hydrogen-bond acceptors (Lipinski definition) is 5. The fraction of sp³-hybridized carbons (Fsp3) is 0.281. The van der Waals surface area contributed by atoms with E-state index < -0.39 is 5.97 Å². The molecular weight excluding hydrogens is 504 g/mol. The Balaban J connectivity index is 1.30. The van der Waals surface area contributed by atoms with Gasteiger partial charge in [-0.05, 0) is 73.8 Å². The highest BCUT2D eigenvalue weighted by Crippen LogP contribution is 2.38. The number of carbonyl (C=O) groups is 3. The van der Waals surface area contributed by atoms with Crippen molar-refractivity contribution in [2.75, 3.05) is 30.3 Å². The van der Waals surface area contributed by atoms with Gasteiger partial charge in [-0.15, -0.1) is 0 Å². The van der Waals surface area contributed by atoms with Crippen LogP contribution in [0.5, 0.6) is 0 Å². The lowest BCUT2D eigenvalue weighted by Crippen LogP contribution is -2.40. The number of hydrogen-bond donors (Lipinski definition) is 3. The fourth-order valence-electron chi connectivity index (χ4n) is 5.76. The molecule has 2 amide bonds. The van der Waals surface area contributed by atoms with E-state index in [4.69, 9.17) is 0 Å². The molecule has 204 valence electrons. The van der Waals surface area contributed by atoms with E-state index in [1.54, 1.807) is 6.07 Å². The number of nitrogens with one attached hydrogen (secondary N) is 2. The van der Waals surface area contributed by atoms with Gasteiger partial charge in [0.1, 0.15) is 0 Å². The molecular formula is C32H32N4O4. The number of aromatic carboxylic acids is 1. The third kappa shape index (κ3) is 5.10. The zero-order valence-electron chi connectivity index (χ0n) is 22.5. The van der Waals surface area contributed by atoms with Gasteiger partial charge in [0, 0.05) is 24.3 Å². The maximum atomic E-state index is 13.2. The molecule has 3 aromatic carbocycles. The fourth-order valence-corrected chi connectivity index (χ4v) is 5.76. The Kier molecular flexibility index (Phi) is 6.86. The summed E-state index contributed by atoms with van der Waals surface area (Å²) in [5, 5.41) is 15.7. The average molecular weight is 537 g/mol. The summed E-state index contributed by atoms with van der Waals surface area (Å²) >= 11 is 0. The molecule has 8 heteroatoms. The molecule has 0 saturated carbocycles. The predicted molar refractivity (Wildman–Crippen MR) is 155 cm³/mol. The summed E-state index contributed by atoms with van der Waals surface area (Å²) in [6, 6.07) is 18.7. The summed E-state index contributed by atoms with van der Waals surface area (Å²) in [5.41, 5.74) is 7.30. The molecule has 3 aromatic rings. The normalized spacial score (nSPS) is 17.7. The number of carboxylic acid groups (broad SMARTS) is 1. The molecule has 8 nitrogen and oxygen atoms in total. The first-order valence-corrected chi connectivity index (χ1v) is 13.7. The second-order valence-corrected chi connectivity index (χ2v) is 10.8. The number of fused-ring (bicyclic) bond motifs is 2. The van der Waals surface area contributed by atoms with Gasteiger partial charge in [0.25, 0.3) is 5.91 Å². The first-order valence-electron chi connectivity index (χ1n) is 13.7. The standard InChI is InChI=1S/C32H32N4O4/c1-20-5-7-21(8-6-20)30(29-26-12-10-22(32(39)40)16-27(26)34-31(29)38)33-25-11-9-23-17-36(18-24(23)15-25)28(37)19-35-13-3-2-4-14-35/h5-12,15-16,33H,2-4,13-14,17-19H2,1H3,(H,34,38)(H,39,40)/b30-29-. The Hall–Kier alpha value is -4.43. The van der Waals surface area contributed by atoms with Crippen LogP contribution in [0.1, 0.15) is 57.4 Å². The second kappa shape index (κ2) is 10.6. The first-order chi connectivity index (χ1) is 19.4. The molecule has 0 atom stereocenters. The molecule has 1 saturated heterocycles. The van der Waals surface area contributed by atoms with Gasteiger partial charge in [0.15, 0.2) is 0 Å². The van der Waals surface area contributed by atoms with Crippen LogP contribution in [0, 0.1) is 6.92 Å². The molecule has 6 rings (SSSR count). The zero-order chi connectivity index (χ0) is 27.8. The van der Waals surface area contributed by atoms with Crippen LogP contribution in [-0.2, 0) is 22.7 Å². The summed E-state index contributed by atoms with van der Waals surface area (Å²) in [6.07, 6.45) is 3.56. The van der Waals surface area contributed by atoms with Crippen LogP contribution >= 0.6 is 0 Å². The lowest BCUT2D eigenvalue weighted by molar-refractivity contribution is -0.133. The van der Waals surface area contributed by atoms with Crippen molar-refractivity contribution < 1.29 is 19.5 Å². The van der Waals surface area contributed by atoms with Crippen molar-refractivity contribution in [1.82, 2.24) is 9.80 Å². The molecule has 1 fully saturated rings. The topological polar surface area (TPSA) is 102 Å². The van der Waals surface area contributed by atoms with Crippen LogP contribution in [0.25, 0.3) is 11.3 Å². The Morgan fingerprint density at radius 1 is 0.900 bits per heavy atom. The smallest absolute Gasteiger partial charge is 0.335 e. The van der Waals surface area contributed by atoms with Gasteiger partial charge < -0.3 is 20.6 Å². The van der Waals surface area contributed by atoms with Crippen LogP contribution in [0.2, 0.25) is 0 Å². The van der Waals surface area contributed by atoms with Gasteiger partial charge in [-0.25, -0.2) is 4.79 Å². The lowest BCUT2D eigenvalue weighted by Gasteiger charge is -2.27. The number of aryl methyl sites for hydroxylation is 1. The molecule has 0 aliphatic carbocycles. The highest BCUT2D eigenvalue weighted by atomic mass is 16.4. The van der Waals surface area contributed by atoms with Gasteiger partial charge in [0.2, 0.25) is 5.91 Å². The molecule has 0 bridgehead atoms. The van der Waals surface area contributed by atoms with E-state index in [-0.39, 0.29) is 17.4 Å². The van der Waals surface area contributed by atoms with Gasteiger partial charge in [-0.2, -0.15) is 0 Å². The van der Waals surface area contributed by atoms with E-state index >= 15 is 0 Å². The Morgan fingerprint density at radius 3 is 2.38 bits per heavy atom. The summed E-state index contributed by atoms with van der Waals surface area (Å²) < 4.78 is 0. The second-order valence-electron chi connectivity index (χ2n) is 10.8. The van der Waals surface area contributed by atoms with Gasteiger partial charge >= 0.3 is 5.97 Å². The van der Waals surface area contributed by atoms with E-state index in [1.807, 2.05) is 48.2 Å². The first kappa shape index (κ1) is 25.8. The van der Waals surface area contributed by atoms with Crippen molar-refractivity contribution in [1.29, 1.82) is 0 Å². The largest absolute Gasteiger partial charge is 0.478 e. The number of likely N-dealkylation sites (tertiary alicyclic amines) is 1. The maximum absolute atomic E-state index is 13.2. The number of nitrogens with zero attached hydrogens (tertiary/aromatic N) is 2. The van der Waals surface area contributed by atoms with E-state index in [2.05, 4.69) is 21.6 Å². The number of piperidine rings is 1. The van der Waals surface area contributed by atoms with Crippen molar-refractivity contribution in [3.63, 3.8) is 0 Å². The summed E-state index contributed by atoms with van der Waals surface area (Å²) in [6.45, 7) is 5.64. The number of anilines is 2. The van der Waals surface area contributed by atoms with Crippen LogP contribution in [0.15, 0.2) is 60.7 Å². The van der Waals surface area contributed by atoms with Crippen LogP contribution < -0.4 is 10.6 Å². The van der Waals surface area contributed by atoms with Crippen molar-refractivity contribution in [3.8, 4) is 0 Å². The van der Waals surface area contributed by atoms with E-state index in [0.29, 0.717) is 42.2 Å².